The molecule has 1 atom stereocenters. The van der Waals surface area contributed by atoms with E-state index in [2.05, 4.69) is 62.4 Å². The lowest BCUT2D eigenvalue weighted by Gasteiger charge is -2.19. The fourth-order valence-electron chi connectivity index (χ4n) is 3.30. The van der Waals surface area contributed by atoms with Crippen LogP contribution in [0.25, 0.3) is 11.0 Å². The number of anilines is 1. The van der Waals surface area contributed by atoms with Crippen LogP contribution in [0.15, 0.2) is 24.8 Å². The largest absolute Gasteiger partial charge is 0.353 e. The summed E-state index contributed by atoms with van der Waals surface area (Å²) >= 11 is 0. The number of hydrogen-bond acceptors (Lipinski definition) is 4. The van der Waals surface area contributed by atoms with E-state index in [1.54, 1.807) is 6.33 Å². The Morgan fingerprint density at radius 2 is 2.09 bits per heavy atom. The summed E-state index contributed by atoms with van der Waals surface area (Å²) in [5, 5.41) is 4.46. The van der Waals surface area contributed by atoms with Crippen molar-refractivity contribution in [2.45, 2.75) is 26.3 Å². The molecule has 0 aliphatic carbocycles. The maximum absolute atomic E-state index is 4.56. The van der Waals surface area contributed by atoms with Crippen molar-refractivity contribution in [3.05, 3.63) is 36.0 Å². The van der Waals surface area contributed by atoms with Gasteiger partial charge in [0.2, 0.25) is 0 Å². The van der Waals surface area contributed by atoms with E-state index in [0.717, 1.165) is 36.4 Å². The lowest BCUT2D eigenvalue weighted by Crippen LogP contribution is -2.23. The maximum atomic E-state index is 4.56. The number of nitrogens with zero attached hydrogens (tertiary/aromatic N) is 6. The third-order valence-electron chi connectivity index (χ3n) is 4.61. The highest BCUT2D eigenvalue weighted by atomic mass is 15.3. The Balaban J connectivity index is 1.69. The molecule has 4 heterocycles. The summed E-state index contributed by atoms with van der Waals surface area (Å²) in [6.07, 6.45) is 6.81. The molecule has 1 saturated heterocycles. The quantitative estimate of drug-likeness (QED) is 0.728. The Labute approximate surface area is 129 Å². The number of rotatable bonds is 2. The standard InChI is InChI=1S/C16H20N6/c1-11-7-19-22(8-11)13-4-5-21(9-13)16-15-14(17-10-18-16)6-12(2)20(15)3/h6-8,10,13H,4-5,9H2,1-3H3. The topological polar surface area (TPSA) is 51.8 Å². The zero-order valence-corrected chi connectivity index (χ0v) is 13.2. The van der Waals surface area contributed by atoms with Gasteiger partial charge in [-0.1, -0.05) is 0 Å². The highest BCUT2D eigenvalue weighted by Crippen LogP contribution is 2.30. The molecule has 0 aromatic carbocycles. The van der Waals surface area contributed by atoms with Gasteiger partial charge in [-0.3, -0.25) is 4.68 Å². The average Bonchev–Trinajstić information content (AvgIpc) is 3.20. The van der Waals surface area contributed by atoms with Crippen molar-refractivity contribution < 1.29 is 0 Å². The van der Waals surface area contributed by atoms with E-state index < -0.39 is 0 Å². The van der Waals surface area contributed by atoms with Crippen LogP contribution in [0.1, 0.15) is 23.7 Å². The van der Waals surface area contributed by atoms with Crippen LogP contribution in [0.2, 0.25) is 0 Å². The third kappa shape index (κ3) is 1.98. The van der Waals surface area contributed by atoms with Gasteiger partial charge >= 0.3 is 0 Å². The van der Waals surface area contributed by atoms with Crippen LogP contribution in [-0.4, -0.2) is 37.4 Å². The maximum Gasteiger partial charge on any atom is 0.156 e. The number of aromatic nitrogens is 5. The predicted molar refractivity (Wildman–Crippen MR) is 86.1 cm³/mol. The van der Waals surface area contributed by atoms with Crippen LogP contribution >= 0.6 is 0 Å². The SMILES string of the molecule is Cc1cnn(C2CCN(c3ncnc4cc(C)n(C)c34)C2)c1. The van der Waals surface area contributed by atoms with Crippen molar-refractivity contribution in [1.82, 2.24) is 24.3 Å². The van der Waals surface area contributed by atoms with E-state index in [1.807, 2.05) is 6.20 Å². The molecule has 4 rings (SSSR count). The van der Waals surface area contributed by atoms with E-state index in [0.29, 0.717) is 6.04 Å². The van der Waals surface area contributed by atoms with Gasteiger partial charge in [-0.2, -0.15) is 5.10 Å². The van der Waals surface area contributed by atoms with Gasteiger partial charge in [0.05, 0.1) is 17.8 Å². The van der Waals surface area contributed by atoms with E-state index in [9.17, 15) is 0 Å². The number of hydrogen-bond donors (Lipinski definition) is 0. The highest BCUT2D eigenvalue weighted by Gasteiger charge is 2.27. The smallest absolute Gasteiger partial charge is 0.156 e. The second-order valence-electron chi connectivity index (χ2n) is 6.16. The molecule has 0 saturated carbocycles. The zero-order chi connectivity index (χ0) is 15.3. The zero-order valence-electron chi connectivity index (χ0n) is 13.2. The van der Waals surface area contributed by atoms with Crippen LogP contribution in [0, 0.1) is 13.8 Å². The monoisotopic (exact) mass is 296 g/mol. The Morgan fingerprint density at radius 3 is 2.86 bits per heavy atom. The van der Waals surface area contributed by atoms with Crippen molar-refractivity contribution in [2.75, 3.05) is 18.0 Å². The molecule has 6 nitrogen and oxygen atoms in total. The second-order valence-corrected chi connectivity index (χ2v) is 6.16. The molecule has 1 aliphatic heterocycles. The van der Waals surface area contributed by atoms with Gasteiger partial charge in [-0.25, -0.2) is 9.97 Å². The fraction of sp³-hybridized carbons (Fsp3) is 0.438. The molecule has 0 amide bonds. The lowest BCUT2D eigenvalue weighted by molar-refractivity contribution is 0.494. The number of aryl methyl sites for hydroxylation is 3. The molecule has 1 fully saturated rings. The van der Waals surface area contributed by atoms with E-state index in [1.165, 1.54) is 11.3 Å². The van der Waals surface area contributed by atoms with E-state index >= 15 is 0 Å². The molecule has 22 heavy (non-hydrogen) atoms. The minimum atomic E-state index is 0.417. The molecule has 0 spiro atoms. The Hall–Kier alpha value is -2.37. The summed E-state index contributed by atoms with van der Waals surface area (Å²) in [4.78, 5) is 11.3. The molecule has 0 radical (unpaired) electrons. The van der Waals surface area contributed by atoms with Crippen molar-refractivity contribution in [1.29, 1.82) is 0 Å². The van der Waals surface area contributed by atoms with Gasteiger partial charge in [0.25, 0.3) is 0 Å². The molecule has 3 aromatic rings. The Morgan fingerprint density at radius 1 is 1.23 bits per heavy atom. The molecular formula is C16H20N6. The first kappa shape index (κ1) is 13.3. The van der Waals surface area contributed by atoms with Gasteiger partial charge in [-0.05, 0) is 31.9 Å². The first-order valence-corrected chi connectivity index (χ1v) is 7.66. The summed E-state index contributed by atoms with van der Waals surface area (Å²) in [6.45, 7) is 6.12. The molecule has 114 valence electrons. The molecule has 0 bridgehead atoms. The van der Waals surface area contributed by atoms with Crippen LogP contribution in [0.5, 0.6) is 0 Å². The van der Waals surface area contributed by atoms with Gasteiger partial charge in [0, 0.05) is 32.0 Å². The van der Waals surface area contributed by atoms with Gasteiger partial charge < -0.3 is 9.47 Å². The van der Waals surface area contributed by atoms with Crippen LogP contribution < -0.4 is 4.90 Å². The van der Waals surface area contributed by atoms with Crippen molar-refractivity contribution in [3.63, 3.8) is 0 Å². The normalized spacial score (nSPS) is 18.5. The minimum absolute atomic E-state index is 0.417. The van der Waals surface area contributed by atoms with Crippen molar-refractivity contribution in [2.24, 2.45) is 7.05 Å². The predicted octanol–water partition coefficient (Wildman–Crippen LogP) is 2.23. The first-order chi connectivity index (χ1) is 10.6. The van der Waals surface area contributed by atoms with Crippen molar-refractivity contribution in [3.8, 4) is 0 Å². The Kier molecular flexibility index (Phi) is 2.92. The van der Waals surface area contributed by atoms with E-state index in [4.69, 9.17) is 0 Å². The van der Waals surface area contributed by atoms with Crippen LogP contribution in [0.3, 0.4) is 0 Å². The molecule has 1 aliphatic rings. The summed E-state index contributed by atoms with van der Waals surface area (Å²) in [6, 6.07) is 2.53. The third-order valence-corrected chi connectivity index (χ3v) is 4.61. The average molecular weight is 296 g/mol. The summed E-state index contributed by atoms with van der Waals surface area (Å²) in [5.41, 5.74) is 4.55. The van der Waals surface area contributed by atoms with Gasteiger partial charge in [0.1, 0.15) is 11.8 Å². The molecule has 1 unspecified atom stereocenters. The highest BCUT2D eigenvalue weighted by molar-refractivity contribution is 5.87. The van der Waals surface area contributed by atoms with Gasteiger partial charge in [0.15, 0.2) is 5.82 Å². The molecule has 3 aromatic heterocycles. The minimum Gasteiger partial charge on any atom is -0.353 e. The van der Waals surface area contributed by atoms with Crippen molar-refractivity contribution >= 4 is 16.9 Å². The van der Waals surface area contributed by atoms with Crippen LogP contribution in [-0.2, 0) is 7.05 Å². The summed E-state index contributed by atoms with van der Waals surface area (Å²) in [5.74, 6) is 1.03. The Bertz CT molecular complexity index is 830. The van der Waals surface area contributed by atoms with Crippen LogP contribution in [0.4, 0.5) is 5.82 Å². The molecular weight excluding hydrogens is 276 g/mol. The number of fused-ring (bicyclic) bond motifs is 1. The van der Waals surface area contributed by atoms with Gasteiger partial charge in [-0.15, -0.1) is 0 Å². The summed E-state index contributed by atoms with van der Waals surface area (Å²) < 4.78 is 4.26. The molecule has 6 heteroatoms. The summed E-state index contributed by atoms with van der Waals surface area (Å²) in [7, 11) is 2.08. The second kappa shape index (κ2) is 4.83. The lowest BCUT2D eigenvalue weighted by atomic mass is 10.3. The van der Waals surface area contributed by atoms with E-state index in [-0.39, 0.29) is 0 Å². The molecule has 0 N–H and O–H groups in total. The first-order valence-electron chi connectivity index (χ1n) is 7.66. The fourth-order valence-corrected chi connectivity index (χ4v) is 3.30.